The van der Waals surface area contributed by atoms with E-state index in [4.69, 9.17) is 10.5 Å². The van der Waals surface area contributed by atoms with E-state index in [0.29, 0.717) is 6.54 Å². The fraction of sp³-hybridized carbons (Fsp3) is 0.308. The van der Waals surface area contributed by atoms with Crippen molar-refractivity contribution < 1.29 is 4.74 Å². The number of rotatable bonds is 3. The number of methoxy groups -OCH3 is 1. The lowest BCUT2D eigenvalue weighted by atomic mass is 10.1. The lowest BCUT2D eigenvalue weighted by Crippen LogP contribution is -1.99. The lowest BCUT2D eigenvalue weighted by molar-refractivity contribution is 0.416. The van der Waals surface area contributed by atoms with Gasteiger partial charge in [-0.2, -0.15) is 0 Å². The summed E-state index contributed by atoms with van der Waals surface area (Å²) >= 11 is 1.66. The van der Waals surface area contributed by atoms with Gasteiger partial charge in [0.15, 0.2) is 0 Å². The molecule has 0 aliphatic carbocycles. The maximum absolute atomic E-state index is 5.73. The minimum Gasteiger partial charge on any atom is -0.496 e. The second-order valence-corrected chi connectivity index (χ2v) is 5.12. The van der Waals surface area contributed by atoms with Gasteiger partial charge in [0.05, 0.1) is 22.7 Å². The Morgan fingerprint density at radius 1 is 1.35 bits per heavy atom. The number of nitrogens with zero attached hydrogens (tertiary/aromatic N) is 1. The summed E-state index contributed by atoms with van der Waals surface area (Å²) in [7, 11) is 1.68. The summed E-state index contributed by atoms with van der Waals surface area (Å²) in [6.07, 6.45) is 0. The average Bonchev–Trinajstić information content (AvgIpc) is 2.70. The van der Waals surface area contributed by atoms with Crippen LogP contribution >= 0.6 is 11.3 Å². The normalized spacial score (nSPS) is 10.6. The van der Waals surface area contributed by atoms with Crippen molar-refractivity contribution in [2.45, 2.75) is 20.4 Å². The van der Waals surface area contributed by atoms with Gasteiger partial charge in [-0.3, -0.25) is 0 Å². The first-order valence-electron chi connectivity index (χ1n) is 5.47. The molecule has 0 radical (unpaired) electrons. The quantitative estimate of drug-likeness (QED) is 0.908. The van der Waals surface area contributed by atoms with Gasteiger partial charge in [0.2, 0.25) is 0 Å². The van der Waals surface area contributed by atoms with E-state index in [2.05, 4.69) is 18.0 Å². The topological polar surface area (TPSA) is 48.1 Å². The molecule has 2 aromatic rings. The monoisotopic (exact) mass is 248 g/mol. The number of ether oxygens (including phenoxy) is 1. The molecule has 0 aliphatic heterocycles. The SMILES string of the molecule is COc1ccc(C)cc1-c1sc(C)nc1CN. The predicted octanol–water partition coefficient (Wildman–Crippen LogP) is 2.89. The van der Waals surface area contributed by atoms with Crippen LogP contribution in [0.5, 0.6) is 5.75 Å². The fourth-order valence-corrected chi connectivity index (χ4v) is 2.79. The molecule has 0 saturated heterocycles. The van der Waals surface area contributed by atoms with Gasteiger partial charge >= 0.3 is 0 Å². The van der Waals surface area contributed by atoms with Crippen molar-refractivity contribution >= 4 is 11.3 Å². The summed E-state index contributed by atoms with van der Waals surface area (Å²) in [5, 5.41) is 1.03. The van der Waals surface area contributed by atoms with Crippen LogP contribution < -0.4 is 10.5 Å². The number of thiazole rings is 1. The van der Waals surface area contributed by atoms with Crippen LogP contribution in [0.1, 0.15) is 16.3 Å². The molecule has 90 valence electrons. The Labute approximate surface area is 105 Å². The van der Waals surface area contributed by atoms with Crippen molar-refractivity contribution in [3.05, 3.63) is 34.5 Å². The third kappa shape index (κ3) is 2.33. The van der Waals surface area contributed by atoms with Gasteiger partial charge in [-0.05, 0) is 26.0 Å². The van der Waals surface area contributed by atoms with Gasteiger partial charge in [-0.25, -0.2) is 4.98 Å². The highest BCUT2D eigenvalue weighted by Gasteiger charge is 2.14. The molecule has 1 aromatic carbocycles. The van der Waals surface area contributed by atoms with E-state index >= 15 is 0 Å². The zero-order valence-corrected chi connectivity index (χ0v) is 11.1. The second kappa shape index (κ2) is 4.85. The molecule has 1 aromatic heterocycles. The molecule has 3 nitrogen and oxygen atoms in total. The molecule has 0 spiro atoms. The lowest BCUT2D eigenvalue weighted by Gasteiger charge is -2.08. The van der Waals surface area contributed by atoms with Crippen LogP contribution in [0.25, 0.3) is 10.4 Å². The first-order valence-corrected chi connectivity index (χ1v) is 6.28. The Bertz CT molecular complexity index is 534. The van der Waals surface area contributed by atoms with E-state index in [1.807, 2.05) is 19.1 Å². The van der Waals surface area contributed by atoms with E-state index in [1.165, 1.54) is 5.56 Å². The summed E-state index contributed by atoms with van der Waals surface area (Å²) in [5.41, 5.74) is 8.96. The Hall–Kier alpha value is -1.39. The maximum atomic E-state index is 5.73. The van der Waals surface area contributed by atoms with Crippen LogP contribution in [0.2, 0.25) is 0 Å². The zero-order chi connectivity index (χ0) is 12.4. The molecule has 0 aliphatic rings. The van der Waals surface area contributed by atoms with Gasteiger partial charge in [0.25, 0.3) is 0 Å². The first kappa shape index (κ1) is 12.1. The molecule has 0 atom stereocenters. The molecule has 1 heterocycles. The van der Waals surface area contributed by atoms with Crippen LogP contribution in [0.3, 0.4) is 0 Å². The van der Waals surface area contributed by atoms with Crippen LogP contribution in [-0.2, 0) is 6.54 Å². The molecular weight excluding hydrogens is 232 g/mol. The van der Waals surface area contributed by atoms with Crippen molar-refractivity contribution in [2.24, 2.45) is 5.73 Å². The number of nitrogens with two attached hydrogens (primary N) is 1. The van der Waals surface area contributed by atoms with Crippen LogP contribution in [0.4, 0.5) is 0 Å². The molecule has 17 heavy (non-hydrogen) atoms. The van der Waals surface area contributed by atoms with Gasteiger partial charge in [-0.15, -0.1) is 11.3 Å². The maximum Gasteiger partial charge on any atom is 0.127 e. The summed E-state index contributed by atoms with van der Waals surface area (Å²) in [4.78, 5) is 5.56. The predicted molar refractivity (Wildman–Crippen MR) is 71.5 cm³/mol. The third-order valence-corrected chi connectivity index (χ3v) is 3.64. The fourth-order valence-electron chi connectivity index (χ4n) is 1.82. The Balaban J connectivity index is 2.61. The number of aryl methyl sites for hydroxylation is 2. The van der Waals surface area contributed by atoms with Gasteiger partial charge in [-0.1, -0.05) is 11.6 Å². The third-order valence-electron chi connectivity index (χ3n) is 2.60. The smallest absolute Gasteiger partial charge is 0.127 e. The molecular formula is C13H16N2OS. The largest absolute Gasteiger partial charge is 0.496 e. The summed E-state index contributed by atoms with van der Waals surface area (Å²) in [6.45, 7) is 4.52. The van der Waals surface area contributed by atoms with Crippen LogP contribution in [-0.4, -0.2) is 12.1 Å². The van der Waals surface area contributed by atoms with Gasteiger partial charge in [0, 0.05) is 12.1 Å². The van der Waals surface area contributed by atoms with Crippen molar-refractivity contribution in [2.75, 3.05) is 7.11 Å². The van der Waals surface area contributed by atoms with E-state index in [9.17, 15) is 0 Å². The van der Waals surface area contributed by atoms with E-state index in [1.54, 1.807) is 18.4 Å². The van der Waals surface area contributed by atoms with Gasteiger partial charge < -0.3 is 10.5 Å². The van der Waals surface area contributed by atoms with E-state index in [-0.39, 0.29) is 0 Å². The molecule has 0 bridgehead atoms. The molecule has 0 saturated carbocycles. The van der Waals surface area contributed by atoms with Crippen molar-refractivity contribution in [3.8, 4) is 16.2 Å². The van der Waals surface area contributed by atoms with Crippen molar-refractivity contribution in [1.29, 1.82) is 0 Å². The molecule has 4 heteroatoms. The summed E-state index contributed by atoms with van der Waals surface area (Å²) in [6, 6.07) is 6.14. The zero-order valence-electron chi connectivity index (χ0n) is 10.3. The molecule has 2 rings (SSSR count). The van der Waals surface area contributed by atoms with Crippen LogP contribution in [0.15, 0.2) is 18.2 Å². The van der Waals surface area contributed by atoms with Crippen molar-refractivity contribution in [1.82, 2.24) is 4.98 Å². The number of hydrogen-bond acceptors (Lipinski definition) is 4. The first-order chi connectivity index (χ1) is 8.15. The summed E-state index contributed by atoms with van der Waals surface area (Å²) < 4.78 is 5.40. The van der Waals surface area contributed by atoms with E-state index in [0.717, 1.165) is 26.9 Å². The van der Waals surface area contributed by atoms with Crippen LogP contribution in [0, 0.1) is 13.8 Å². The molecule has 0 unspecified atom stereocenters. The molecule has 0 amide bonds. The molecule has 2 N–H and O–H groups in total. The average molecular weight is 248 g/mol. The number of hydrogen-bond donors (Lipinski definition) is 1. The number of aromatic nitrogens is 1. The van der Waals surface area contributed by atoms with Gasteiger partial charge in [0.1, 0.15) is 5.75 Å². The molecule has 0 fully saturated rings. The summed E-state index contributed by atoms with van der Waals surface area (Å²) in [5.74, 6) is 0.869. The highest BCUT2D eigenvalue weighted by Crippen LogP contribution is 2.36. The second-order valence-electron chi connectivity index (χ2n) is 3.92. The van der Waals surface area contributed by atoms with E-state index < -0.39 is 0 Å². The Kier molecular flexibility index (Phi) is 3.45. The minimum absolute atomic E-state index is 0.455. The standard InChI is InChI=1S/C13H16N2OS/c1-8-4-5-12(16-3)10(6-8)13-11(7-14)15-9(2)17-13/h4-6H,7,14H2,1-3H3. The van der Waals surface area contributed by atoms with Crippen molar-refractivity contribution in [3.63, 3.8) is 0 Å². The Morgan fingerprint density at radius 3 is 2.76 bits per heavy atom. The number of benzene rings is 1. The highest BCUT2D eigenvalue weighted by atomic mass is 32.1. The Morgan fingerprint density at radius 2 is 2.12 bits per heavy atom. The minimum atomic E-state index is 0.455. The highest BCUT2D eigenvalue weighted by molar-refractivity contribution is 7.15.